The summed E-state index contributed by atoms with van der Waals surface area (Å²) < 4.78 is 0. The van der Waals surface area contributed by atoms with Gasteiger partial charge in [-0.3, -0.25) is 4.99 Å². The van der Waals surface area contributed by atoms with Gasteiger partial charge in [0.05, 0.1) is 10.7 Å². The molecule has 0 atom stereocenters. The van der Waals surface area contributed by atoms with Gasteiger partial charge in [0.25, 0.3) is 0 Å². The number of aliphatic imine (C=N–C) groups is 1. The van der Waals surface area contributed by atoms with Crippen LogP contribution < -0.4 is 0 Å². The number of hydrogen-bond donors (Lipinski definition) is 1. The van der Waals surface area contributed by atoms with Gasteiger partial charge in [-0.05, 0) is 48.6 Å². The fourth-order valence-corrected chi connectivity index (χ4v) is 2.66. The molecule has 0 spiro atoms. The van der Waals surface area contributed by atoms with Crippen molar-refractivity contribution in [2.24, 2.45) is 4.99 Å². The molecule has 0 fully saturated rings. The molecule has 1 N–H and O–H groups in total. The van der Waals surface area contributed by atoms with Gasteiger partial charge in [-0.1, -0.05) is 43.6 Å². The Morgan fingerprint density at radius 2 is 1.76 bits per heavy atom. The number of nitrogens with zero attached hydrogens (tertiary/aromatic N) is 1. The van der Waals surface area contributed by atoms with E-state index in [0.717, 1.165) is 24.1 Å². The second-order valence-corrected chi connectivity index (χ2v) is 5.48. The van der Waals surface area contributed by atoms with Crippen molar-refractivity contribution in [1.29, 1.82) is 0 Å². The van der Waals surface area contributed by atoms with Crippen molar-refractivity contribution in [3.05, 3.63) is 57.6 Å². The molecule has 0 unspecified atom stereocenters. The summed E-state index contributed by atoms with van der Waals surface area (Å²) in [6, 6.07) is 9.87. The SMILES string of the molecule is CCc1cccc(CC)c1N=Cc1cc(C)cc(Cl)c1O. The van der Waals surface area contributed by atoms with Crippen LogP contribution in [-0.2, 0) is 12.8 Å². The molecule has 0 heterocycles. The van der Waals surface area contributed by atoms with E-state index in [-0.39, 0.29) is 5.75 Å². The Bertz CT molecular complexity index is 655. The number of para-hydroxylation sites is 1. The first-order chi connectivity index (χ1) is 10.1. The van der Waals surface area contributed by atoms with Crippen LogP contribution in [0.2, 0.25) is 5.02 Å². The highest BCUT2D eigenvalue weighted by Gasteiger charge is 2.07. The molecule has 0 aliphatic carbocycles. The van der Waals surface area contributed by atoms with E-state index in [2.05, 4.69) is 37.0 Å². The van der Waals surface area contributed by atoms with E-state index in [1.165, 1.54) is 11.1 Å². The predicted molar refractivity (Wildman–Crippen MR) is 90.3 cm³/mol. The normalized spacial score (nSPS) is 11.2. The van der Waals surface area contributed by atoms with Crippen LogP contribution in [0.1, 0.15) is 36.1 Å². The summed E-state index contributed by atoms with van der Waals surface area (Å²) in [4.78, 5) is 4.62. The molecule has 0 radical (unpaired) electrons. The van der Waals surface area contributed by atoms with E-state index < -0.39 is 0 Å². The molecule has 110 valence electrons. The van der Waals surface area contributed by atoms with Gasteiger partial charge in [-0.2, -0.15) is 0 Å². The Hall–Kier alpha value is -1.80. The molecule has 2 nitrogen and oxygen atoms in total. The van der Waals surface area contributed by atoms with E-state index in [1.54, 1.807) is 12.3 Å². The maximum Gasteiger partial charge on any atom is 0.142 e. The number of aromatic hydroxyl groups is 1. The fraction of sp³-hybridized carbons (Fsp3) is 0.278. The zero-order valence-electron chi connectivity index (χ0n) is 12.7. The van der Waals surface area contributed by atoms with Crippen molar-refractivity contribution in [2.45, 2.75) is 33.6 Å². The molecule has 21 heavy (non-hydrogen) atoms. The maximum absolute atomic E-state index is 10.0. The summed E-state index contributed by atoms with van der Waals surface area (Å²) in [6.45, 7) is 6.18. The Labute approximate surface area is 131 Å². The Morgan fingerprint density at radius 3 is 2.33 bits per heavy atom. The van der Waals surface area contributed by atoms with Crippen LogP contribution in [0.4, 0.5) is 5.69 Å². The summed E-state index contributed by atoms with van der Waals surface area (Å²) >= 11 is 6.01. The Kier molecular flexibility index (Phi) is 5.03. The number of halogens is 1. The lowest BCUT2D eigenvalue weighted by Crippen LogP contribution is -1.90. The van der Waals surface area contributed by atoms with Crippen LogP contribution in [0.25, 0.3) is 0 Å². The van der Waals surface area contributed by atoms with Crippen molar-refractivity contribution in [1.82, 2.24) is 0 Å². The highest BCUT2D eigenvalue weighted by Crippen LogP contribution is 2.30. The highest BCUT2D eigenvalue weighted by molar-refractivity contribution is 6.32. The minimum atomic E-state index is 0.0815. The smallest absolute Gasteiger partial charge is 0.142 e. The van der Waals surface area contributed by atoms with Gasteiger partial charge >= 0.3 is 0 Å². The van der Waals surface area contributed by atoms with E-state index in [9.17, 15) is 5.11 Å². The number of aryl methyl sites for hydroxylation is 3. The van der Waals surface area contributed by atoms with Crippen LogP contribution in [-0.4, -0.2) is 11.3 Å². The second-order valence-electron chi connectivity index (χ2n) is 5.07. The molecule has 0 amide bonds. The Morgan fingerprint density at radius 1 is 1.14 bits per heavy atom. The molecular formula is C18H20ClNO. The molecule has 3 heteroatoms. The van der Waals surface area contributed by atoms with Crippen molar-refractivity contribution < 1.29 is 5.11 Å². The van der Waals surface area contributed by atoms with Gasteiger partial charge in [-0.25, -0.2) is 0 Å². The van der Waals surface area contributed by atoms with Gasteiger partial charge in [0.1, 0.15) is 5.75 Å². The van der Waals surface area contributed by atoms with Crippen molar-refractivity contribution in [3.8, 4) is 5.75 Å². The van der Waals surface area contributed by atoms with E-state index in [1.807, 2.05) is 13.0 Å². The van der Waals surface area contributed by atoms with Crippen molar-refractivity contribution in [2.75, 3.05) is 0 Å². The zero-order valence-corrected chi connectivity index (χ0v) is 13.4. The molecule has 0 saturated heterocycles. The second kappa shape index (κ2) is 6.77. The topological polar surface area (TPSA) is 32.6 Å². The van der Waals surface area contributed by atoms with Crippen LogP contribution in [0, 0.1) is 6.92 Å². The minimum absolute atomic E-state index is 0.0815. The van der Waals surface area contributed by atoms with Crippen LogP contribution in [0.15, 0.2) is 35.3 Å². The summed E-state index contributed by atoms with van der Waals surface area (Å²) in [5.74, 6) is 0.0815. The Balaban J connectivity index is 2.47. The third kappa shape index (κ3) is 3.45. The average molecular weight is 302 g/mol. The average Bonchev–Trinajstić information content (AvgIpc) is 2.48. The first-order valence-electron chi connectivity index (χ1n) is 7.20. The standard InChI is InChI=1S/C18H20ClNO/c1-4-13-7-6-8-14(5-2)17(13)20-11-15-9-12(3)10-16(19)18(15)21/h6-11,21H,4-5H2,1-3H3. The van der Waals surface area contributed by atoms with E-state index in [0.29, 0.717) is 10.6 Å². The molecular weight excluding hydrogens is 282 g/mol. The number of benzene rings is 2. The van der Waals surface area contributed by atoms with Crippen molar-refractivity contribution >= 4 is 23.5 Å². The lowest BCUT2D eigenvalue weighted by atomic mass is 10.0. The quantitative estimate of drug-likeness (QED) is 0.771. The van der Waals surface area contributed by atoms with Gasteiger partial charge in [0, 0.05) is 11.8 Å². The zero-order chi connectivity index (χ0) is 15.4. The fourth-order valence-electron chi connectivity index (χ4n) is 2.37. The van der Waals surface area contributed by atoms with Gasteiger partial charge in [0.15, 0.2) is 0 Å². The summed E-state index contributed by atoms with van der Waals surface area (Å²) in [5, 5.41) is 10.4. The number of phenolic OH excluding ortho intramolecular Hbond substituents is 1. The molecule has 2 aromatic rings. The lowest BCUT2D eigenvalue weighted by molar-refractivity contribution is 0.474. The molecule has 0 aromatic heterocycles. The van der Waals surface area contributed by atoms with Gasteiger partial charge in [-0.15, -0.1) is 0 Å². The molecule has 0 bridgehead atoms. The molecule has 0 aliphatic rings. The predicted octanol–water partition coefficient (Wildman–Crippen LogP) is 5.23. The summed E-state index contributed by atoms with van der Waals surface area (Å²) in [5.41, 5.74) is 5.07. The molecule has 0 saturated carbocycles. The molecule has 2 aromatic carbocycles. The number of rotatable bonds is 4. The first-order valence-corrected chi connectivity index (χ1v) is 7.58. The molecule has 2 rings (SSSR count). The number of hydrogen-bond acceptors (Lipinski definition) is 2. The largest absolute Gasteiger partial charge is 0.506 e. The minimum Gasteiger partial charge on any atom is -0.506 e. The lowest BCUT2D eigenvalue weighted by Gasteiger charge is -2.09. The molecule has 0 aliphatic heterocycles. The monoisotopic (exact) mass is 301 g/mol. The van der Waals surface area contributed by atoms with E-state index in [4.69, 9.17) is 11.6 Å². The summed E-state index contributed by atoms with van der Waals surface area (Å²) in [6.07, 6.45) is 3.56. The summed E-state index contributed by atoms with van der Waals surface area (Å²) in [7, 11) is 0. The van der Waals surface area contributed by atoms with Crippen LogP contribution >= 0.6 is 11.6 Å². The van der Waals surface area contributed by atoms with Gasteiger partial charge in [0.2, 0.25) is 0 Å². The van der Waals surface area contributed by atoms with Gasteiger partial charge < -0.3 is 5.11 Å². The van der Waals surface area contributed by atoms with Crippen LogP contribution in [0.5, 0.6) is 5.75 Å². The van der Waals surface area contributed by atoms with Crippen LogP contribution in [0.3, 0.4) is 0 Å². The third-order valence-electron chi connectivity index (χ3n) is 3.53. The number of phenols is 1. The highest BCUT2D eigenvalue weighted by atomic mass is 35.5. The maximum atomic E-state index is 10.0. The van der Waals surface area contributed by atoms with Crippen molar-refractivity contribution in [3.63, 3.8) is 0 Å². The van der Waals surface area contributed by atoms with E-state index >= 15 is 0 Å². The third-order valence-corrected chi connectivity index (χ3v) is 3.82. The first kappa shape index (κ1) is 15.6.